The molecule has 0 radical (unpaired) electrons. The van der Waals surface area contributed by atoms with E-state index in [1.807, 2.05) is 6.92 Å². The Kier molecular flexibility index (Phi) is 7.59. The topological polar surface area (TPSA) is 20.2 Å². The first-order valence-corrected chi connectivity index (χ1v) is 4.60. The van der Waals surface area contributed by atoms with Crippen LogP contribution < -0.4 is 0 Å². The normalized spacial score (nSPS) is 14.1. The standard InChI is InChI=1S/C10H20O/c1-3-5-6-7-9-10(11)8-4-2/h3,5,10-11H,4,6-9H2,1-2H3/t10-/m0/s1. The van der Waals surface area contributed by atoms with Crippen molar-refractivity contribution in [1.29, 1.82) is 0 Å². The molecule has 0 aliphatic carbocycles. The fourth-order valence-corrected chi connectivity index (χ4v) is 1.12. The molecule has 0 aliphatic rings. The molecule has 0 amide bonds. The van der Waals surface area contributed by atoms with Crippen molar-refractivity contribution in [3.8, 4) is 0 Å². The van der Waals surface area contributed by atoms with Crippen LogP contribution >= 0.6 is 0 Å². The zero-order chi connectivity index (χ0) is 8.53. The lowest BCUT2D eigenvalue weighted by Gasteiger charge is -2.06. The van der Waals surface area contributed by atoms with Crippen LogP contribution in [0.15, 0.2) is 12.2 Å². The first kappa shape index (κ1) is 10.7. The number of hydrogen-bond acceptors (Lipinski definition) is 1. The lowest BCUT2D eigenvalue weighted by molar-refractivity contribution is 0.151. The van der Waals surface area contributed by atoms with Crippen molar-refractivity contribution in [1.82, 2.24) is 0 Å². The average molecular weight is 156 g/mol. The van der Waals surface area contributed by atoms with Crippen LogP contribution in [0.5, 0.6) is 0 Å². The molecule has 0 rings (SSSR count). The summed E-state index contributed by atoms with van der Waals surface area (Å²) in [4.78, 5) is 0. The summed E-state index contributed by atoms with van der Waals surface area (Å²) >= 11 is 0. The van der Waals surface area contributed by atoms with Crippen molar-refractivity contribution >= 4 is 0 Å². The Labute approximate surface area is 70.1 Å². The molecule has 0 aromatic heterocycles. The minimum Gasteiger partial charge on any atom is -0.393 e. The molecule has 0 saturated heterocycles. The molecule has 11 heavy (non-hydrogen) atoms. The molecule has 1 heteroatoms. The summed E-state index contributed by atoms with van der Waals surface area (Å²) in [6, 6.07) is 0. The van der Waals surface area contributed by atoms with E-state index in [4.69, 9.17) is 0 Å². The summed E-state index contributed by atoms with van der Waals surface area (Å²) in [6.07, 6.45) is 9.37. The van der Waals surface area contributed by atoms with Gasteiger partial charge in [-0.3, -0.25) is 0 Å². The second kappa shape index (κ2) is 7.80. The Balaban J connectivity index is 3.10. The smallest absolute Gasteiger partial charge is 0.0540 e. The van der Waals surface area contributed by atoms with Crippen LogP contribution in [0.1, 0.15) is 46.0 Å². The van der Waals surface area contributed by atoms with E-state index in [1.165, 1.54) is 0 Å². The Morgan fingerprint density at radius 1 is 1.36 bits per heavy atom. The van der Waals surface area contributed by atoms with Gasteiger partial charge in [0.05, 0.1) is 6.10 Å². The minimum atomic E-state index is -0.0646. The van der Waals surface area contributed by atoms with Crippen LogP contribution in [0, 0.1) is 0 Å². The molecule has 0 aliphatic heterocycles. The van der Waals surface area contributed by atoms with Gasteiger partial charge in [-0.25, -0.2) is 0 Å². The first-order chi connectivity index (χ1) is 5.31. The van der Waals surface area contributed by atoms with Gasteiger partial charge < -0.3 is 5.11 Å². The molecule has 66 valence electrons. The molecular formula is C10H20O. The molecule has 0 unspecified atom stereocenters. The molecule has 1 atom stereocenters. The molecule has 0 fully saturated rings. The third-order valence-electron chi connectivity index (χ3n) is 1.77. The van der Waals surface area contributed by atoms with E-state index < -0.39 is 0 Å². The Morgan fingerprint density at radius 3 is 2.64 bits per heavy atom. The summed E-state index contributed by atoms with van der Waals surface area (Å²) in [5.41, 5.74) is 0. The van der Waals surface area contributed by atoms with Crippen LogP contribution in [0.3, 0.4) is 0 Å². The Morgan fingerprint density at radius 2 is 2.09 bits per heavy atom. The van der Waals surface area contributed by atoms with Crippen molar-refractivity contribution in [2.45, 2.75) is 52.1 Å². The fraction of sp³-hybridized carbons (Fsp3) is 0.800. The van der Waals surface area contributed by atoms with Gasteiger partial charge in [-0.15, -0.1) is 0 Å². The summed E-state index contributed by atoms with van der Waals surface area (Å²) in [7, 11) is 0. The molecule has 1 nitrogen and oxygen atoms in total. The molecule has 0 aromatic carbocycles. The van der Waals surface area contributed by atoms with Gasteiger partial charge in [0, 0.05) is 0 Å². The second-order valence-corrected chi connectivity index (χ2v) is 2.94. The van der Waals surface area contributed by atoms with E-state index in [9.17, 15) is 5.11 Å². The number of rotatable bonds is 6. The van der Waals surface area contributed by atoms with E-state index >= 15 is 0 Å². The van der Waals surface area contributed by atoms with Crippen molar-refractivity contribution in [3.63, 3.8) is 0 Å². The zero-order valence-electron chi connectivity index (χ0n) is 7.71. The summed E-state index contributed by atoms with van der Waals surface area (Å²) in [5.74, 6) is 0. The summed E-state index contributed by atoms with van der Waals surface area (Å²) in [5, 5.41) is 9.32. The first-order valence-electron chi connectivity index (χ1n) is 4.60. The largest absolute Gasteiger partial charge is 0.393 e. The van der Waals surface area contributed by atoms with Gasteiger partial charge in [0.1, 0.15) is 0 Å². The SMILES string of the molecule is CC=CCCC[C@@H](O)CCC. The van der Waals surface area contributed by atoms with Gasteiger partial charge in [0.25, 0.3) is 0 Å². The van der Waals surface area contributed by atoms with Gasteiger partial charge in [-0.2, -0.15) is 0 Å². The Hall–Kier alpha value is -0.300. The van der Waals surface area contributed by atoms with E-state index in [0.717, 1.165) is 32.1 Å². The number of allylic oxidation sites excluding steroid dienone is 2. The van der Waals surface area contributed by atoms with Crippen LogP contribution in [0.2, 0.25) is 0 Å². The minimum absolute atomic E-state index is 0.0646. The highest BCUT2D eigenvalue weighted by molar-refractivity contribution is 4.76. The van der Waals surface area contributed by atoms with E-state index in [2.05, 4.69) is 19.1 Å². The average Bonchev–Trinajstić information content (AvgIpc) is 1.99. The van der Waals surface area contributed by atoms with E-state index in [1.54, 1.807) is 0 Å². The van der Waals surface area contributed by atoms with Gasteiger partial charge in [0.15, 0.2) is 0 Å². The zero-order valence-corrected chi connectivity index (χ0v) is 7.71. The highest BCUT2D eigenvalue weighted by atomic mass is 16.3. The van der Waals surface area contributed by atoms with Crippen molar-refractivity contribution < 1.29 is 5.11 Å². The molecule has 1 N–H and O–H groups in total. The number of aliphatic hydroxyl groups excluding tert-OH is 1. The number of aliphatic hydroxyl groups is 1. The van der Waals surface area contributed by atoms with Gasteiger partial charge >= 0.3 is 0 Å². The highest BCUT2D eigenvalue weighted by Gasteiger charge is 1.99. The van der Waals surface area contributed by atoms with E-state index in [-0.39, 0.29) is 6.10 Å². The monoisotopic (exact) mass is 156 g/mol. The third-order valence-corrected chi connectivity index (χ3v) is 1.77. The molecular weight excluding hydrogens is 136 g/mol. The quantitative estimate of drug-likeness (QED) is 0.463. The lowest BCUT2D eigenvalue weighted by atomic mass is 10.1. The maximum absolute atomic E-state index is 9.32. The maximum atomic E-state index is 9.32. The fourth-order valence-electron chi connectivity index (χ4n) is 1.12. The summed E-state index contributed by atoms with van der Waals surface area (Å²) < 4.78 is 0. The van der Waals surface area contributed by atoms with Crippen molar-refractivity contribution in [2.75, 3.05) is 0 Å². The Bertz CT molecular complexity index is 97.0. The van der Waals surface area contributed by atoms with Crippen LogP contribution in [-0.2, 0) is 0 Å². The molecule has 0 heterocycles. The molecule has 0 aromatic rings. The van der Waals surface area contributed by atoms with Crippen molar-refractivity contribution in [2.24, 2.45) is 0 Å². The number of unbranched alkanes of at least 4 members (excludes halogenated alkanes) is 1. The highest BCUT2D eigenvalue weighted by Crippen LogP contribution is 2.06. The predicted octanol–water partition coefficient (Wildman–Crippen LogP) is 2.89. The molecule has 0 spiro atoms. The predicted molar refractivity (Wildman–Crippen MR) is 49.6 cm³/mol. The van der Waals surface area contributed by atoms with Gasteiger partial charge in [-0.05, 0) is 32.6 Å². The third kappa shape index (κ3) is 7.60. The van der Waals surface area contributed by atoms with Crippen LogP contribution in [0.25, 0.3) is 0 Å². The maximum Gasteiger partial charge on any atom is 0.0540 e. The van der Waals surface area contributed by atoms with Gasteiger partial charge in [-0.1, -0.05) is 25.5 Å². The second-order valence-electron chi connectivity index (χ2n) is 2.94. The summed E-state index contributed by atoms with van der Waals surface area (Å²) in [6.45, 7) is 4.14. The van der Waals surface area contributed by atoms with Crippen LogP contribution in [-0.4, -0.2) is 11.2 Å². The lowest BCUT2D eigenvalue weighted by Crippen LogP contribution is -2.04. The van der Waals surface area contributed by atoms with Crippen LogP contribution in [0.4, 0.5) is 0 Å². The number of hydrogen-bond donors (Lipinski definition) is 1. The van der Waals surface area contributed by atoms with E-state index in [0.29, 0.717) is 0 Å². The van der Waals surface area contributed by atoms with Gasteiger partial charge in [0.2, 0.25) is 0 Å². The molecule has 0 bridgehead atoms. The molecule has 0 saturated carbocycles. The van der Waals surface area contributed by atoms with Crippen molar-refractivity contribution in [3.05, 3.63) is 12.2 Å².